The first kappa shape index (κ1) is 10.3. The summed E-state index contributed by atoms with van der Waals surface area (Å²) in [5, 5.41) is 3.39. The lowest BCUT2D eigenvalue weighted by Gasteiger charge is -2.12. The molecule has 0 radical (unpaired) electrons. The number of ether oxygens (including phenoxy) is 2. The van der Waals surface area contributed by atoms with Crippen LogP contribution in [-0.2, 0) is 6.42 Å². The molecule has 1 heterocycles. The van der Waals surface area contributed by atoms with Gasteiger partial charge in [0.15, 0.2) is 11.5 Å². The smallest absolute Gasteiger partial charge is 0.231 e. The van der Waals surface area contributed by atoms with Crippen LogP contribution in [0.15, 0.2) is 18.2 Å². The van der Waals surface area contributed by atoms with Gasteiger partial charge in [0.1, 0.15) is 0 Å². The second-order valence-electron chi connectivity index (χ2n) is 3.85. The summed E-state index contributed by atoms with van der Waals surface area (Å²) in [6.45, 7) is 5.66. The average molecular weight is 207 g/mol. The molecule has 3 heteroatoms. The maximum absolute atomic E-state index is 5.34. The Bertz CT molecular complexity index is 338. The van der Waals surface area contributed by atoms with E-state index < -0.39 is 0 Å². The molecule has 0 fully saturated rings. The fraction of sp³-hybridized carbons (Fsp3) is 0.500. The number of nitrogens with one attached hydrogen (secondary N) is 1. The van der Waals surface area contributed by atoms with E-state index in [1.165, 1.54) is 5.56 Å². The van der Waals surface area contributed by atoms with Crippen molar-refractivity contribution in [1.29, 1.82) is 0 Å². The molecule has 0 amide bonds. The number of fused-ring (bicyclic) bond motifs is 1. The number of rotatable bonds is 4. The van der Waals surface area contributed by atoms with Crippen LogP contribution < -0.4 is 14.8 Å². The molecule has 1 unspecified atom stereocenters. The van der Waals surface area contributed by atoms with Crippen molar-refractivity contribution in [3.63, 3.8) is 0 Å². The van der Waals surface area contributed by atoms with E-state index in [-0.39, 0.29) is 0 Å². The predicted octanol–water partition coefficient (Wildman–Crippen LogP) is 1.96. The number of likely N-dealkylation sites (N-methyl/N-ethyl adjacent to an activating group) is 1. The summed E-state index contributed by atoms with van der Waals surface area (Å²) >= 11 is 0. The predicted molar refractivity (Wildman–Crippen MR) is 59.4 cm³/mol. The van der Waals surface area contributed by atoms with Crippen molar-refractivity contribution in [1.82, 2.24) is 5.32 Å². The molecule has 1 aromatic rings. The minimum Gasteiger partial charge on any atom is -0.454 e. The monoisotopic (exact) mass is 207 g/mol. The summed E-state index contributed by atoms with van der Waals surface area (Å²) in [5.41, 5.74) is 1.28. The van der Waals surface area contributed by atoms with E-state index in [2.05, 4.69) is 31.3 Å². The molecule has 82 valence electrons. The number of hydrogen-bond donors (Lipinski definition) is 1. The Kier molecular flexibility index (Phi) is 3.11. The zero-order valence-corrected chi connectivity index (χ0v) is 9.25. The van der Waals surface area contributed by atoms with Crippen molar-refractivity contribution >= 4 is 0 Å². The van der Waals surface area contributed by atoms with Gasteiger partial charge in [-0.2, -0.15) is 0 Å². The Morgan fingerprint density at radius 3 is 2.93 bits per heavy atom. The van der Waals surface area contributed by atoms with Crippen molar-refractivity contribution in [3.8, 4) is 11.5 Å². The van der Waals surface area contributed by atoms with Gasteiger partial charge in [-0.25, -0.2) is 0 Å². The minimum absolute atomic E-state index is 0.349. The second-order valence-corrected chi connectivity index (χ2v) is 3.85. The second kappa shape index (κ2) is 4.53. The Hall–Kier alpha value is -1.22. The summed E-state index contributed by atoms with van der Waals surface area (Å²) in [6, 6.07) is 6.64. The largest absolute Gasteiger partial charge is 0.454 e. The Morgan fingerprint density at radius 1 is 1.33 bits per heavy atom. The van der Waals surface area contributed by atoms with Crippen LogP contribution in [0.1, 0.15) is 19.4 Å². The summed E-state index contributed by atoms with van der Waals surface area (Å²) in [4.78, 5) is 0. The highest BCUT2D eigenvalue weighted by Gasteiger charge is 2.13. The van der Waals surface area contributed by atoms with Gasteiger partial charge in [-0.1, -0.05) is 13.0 Å². The van der Waals surface area contributed by atoms with Gasteiger partial charge in [-0.05, 0) is 37.6 Å². The van der Waals surface area contributed by atoms with E-state index in [0.29, 0.717) is 12.8 Å². The molecule has 0 aliphatic carbocycles. The first-order chi connectivity index (χ1) is 7.29. The molecule has 0 saturated carbocycles. The first-order valence-electron chi connectivity index (χ1n) is 5.41. The summed E-state index contributed by atoms with van der Waals surface area (Å²) in [6.07, 6.45) is 1.02. The molecule has 0 bridgehead atoms. The molecular weight excluding hydrogens is 190 g/mol. The van der Waals surface area contributed by atoms with Gasteiger partial charge in [-0.3, -0.25) is 0 Å². The minimum atomic E-state index is 0.349. The Morgan fingerprint density at radius 2 is 2.13 bits per heavy atom. The molecule has 1 aliphatic rings. The Labute approximate surface area is 90.4 Å². The van der Waals surface area contributed by atoms with Crippen LogP contribution in [0.25, 0.3) is 0 Å². The van der Waals surface area contributed by atoms with Gasteiger partial charge in [0.2, 0.25) is 6.79 Å². The van der Waals surface area contributed by atoms with E-state index in [1.54, 1.807) is 0 Å². The maximum Gasteiger partial charge on any atom is 0.231 e. The first-order valence-corrected chi connectivity index (χ1v) is 5.41. The molecule has 0 saturated heterocycles. The molecule has 3 nitrogen and oxygen atoms in total. The lowest BCUT2D eigenvalue weighted by atomic mass is 10.1. The summed E-state index contributed by atoms with van der Waals surface area (Å²) in [7, 11) is 0. The molecule has 1 atom stereocenters. The lowest BCUT2D eigenvalue weighted by molar-refractivity contribution is 0.174. The topological polar surface area (TPSA) is 30.5 Å². The van der Waals surface area contributed by atoms with E-state index in [1.807, 2.05) is 6.07 Å². The third kappa shape index (κ3) is 2.42. The fourth-order valence-electron chi connectivity index (χ4n) is 1.84. The summed E-state index contributed by atoms with van der Waals surface area (Å²) in [5.74, 6) is 1.73. The molecule has 1 N–H and O–H groups in total. The van der Waals surface area contributed by atoms with Crippen molar-refractivity contribution < 1.29 is 9.47 Å². The van der Waals surface area contributed by atoms with Crippen LogP contribution in [0.4, 0.5) is 0 Å². The fourth-order valence-corrected chi connectivity index (χ4v) is 1.84. The van der Waals surface area contributed by atoms with Crippen molar-refractivity contribution in [2.45, 2.75) is 26.3 Å². The zero-order valence-electron chi connectivity index (χ0n) is 9.25. The Balaban J connectivity index is 2.03. The quantitative estimate of drug-likeness (QED) is 0.818. The lowest BCUT2D eigenvalue weighted by Crippen LogP contribution is -2.27. The van der Waals surface area contributed by atoms with Gasteiger partial charge >= 0.3 is 0 Å². The van der Waals surface area contributed by atoms with Crippen LogP contribution >= 0.6 is 0 Å². The average Bonchev–Trinajstić information content (AvgIpc) is 2.65. The molecular formula is C12H17NO2. The highest BCUT2D eigenvalue weighted by atomic mass is 16.7. The highest BCUT2D eigenvalue weighted by Crippen LogP contribution is 2.32. The third-order valence-corrected chi connectivity index (χ3v) is 2.53. The van der Waals surface area contributed by atoms with Crippen LogP contribution in [0, 0.1) is 0 Å². The highest BCUT2D eigenvalue weighted by molar-refractivity contribution is 5.44. The summed E-state index contributed by atoms with van der Waals surface area (Å²) < 4.78 is 10.6. The standard InChI is InChI=1S/C12H17NO2/c1-3-13-9(2)6-10-4-5-11-12(7-10)15-8-14-11/h4-5,7,9,13H,3,6,8H2,1-2H3. The number of benzene rings is 1. The molecule has 0 aromatic heterocycles. The van der Waals surface area contributed by atoms with E-state index in [9.17, 15) is 0 Å². The number of hydrogen-bond acceptors (Lipinski definition) is 3. The van der Waals surface area contributed by atoms with Gasteiger partial charge in [0.25, 0.3) is 0 Å². The van der Waals surface area contributed by atoms with Crippen LogP contribution in [-0.4, -0.2) is 19.4 Å². The van der Waals surface area contributed by atoms with Crippen LogP contribution in [0.5, 0.6) is 11.5 Å². The van der Waals surface area contributed by atoms with E-state index in [0.717, 1.165) is 24.5 Å². The molecule has 0 spiro atoms. The SMILES string of the molecule is CCNC(C)Cc1ccc2c(c1)OCO2. The molecule has 1 aliphatic heterocycles. The van der Waals surface area contributed by atoms with Crippen molar-refractivity contribution in [3.05, 3.63) is 23.8 Å². The molecule has 15 heavy (non-hydrogen) atoms. The maximum atomic E-state index is 5.34. The third-order valence-electron chi connectivity index (χ3n) is 2.53. The van der Waals surface area contributed by atoms with Gasteiger partial charge < -0.3 is 14.8 Å². The van der Waals surface area contributed by atoms with E-state index >= 15 is 0 Å². The van der Waals surface area contributed by atoms with Gasteiger partial charge in [-0.15, -0.1) is 0 Å². The van der Waals surface area contributed by atoms with Gasteiger partial charge in [0, 0.05) is 6.04 Å². The molecule has 2 rings (SSSR count). The van der Waals surface area contributed by atoms with Crippen LogP contribution in [0.3, 0.4) is 0 Å². The van der Waals surface area contributed by atoms with Crippen LogP contribution in [0.2, 0.25) is 0 Å². The van der Waals surface area contributed by atoms with Crippen molar-refractivity contribution in [2.75, 3.05) is 13.3 Å². The van der Waals surface area contributed by atoms with E-state index in [4.69, 9.17) is 9.47 Å². The normalized spacial score (nSPS) is 15.3. The van der Waals surface area contributed by atoms with Crippen molar-refractivity contribution in [2.24, 2.45) is 0 Å². The molecule has 1 aromatic carbocycles. The zero-order chi connectivity index (χ0) is 10.7. The van der Waals surface area contributed by atoms with Gasteiger partial charge in [0.05, 0.1) is 0 Å².